The van der Waals surface area contributed by atoms with Crippen molar-refractivity contribution in [3.63, 3.8) is 0 Å². The van der Waals surface area contributed by atoms with Crippen molar-refractivity contribution in [1.82, 2.24) is 24.5 Å². The van der Waals surface area contributed by atoms with Gasteiger partial charge in [-0.15, -0.1) is 0 Å². The molecule has 0 unspecified atom stereocenters. The number of sulfonamides is 1. The number of H-pyrrole nitrogens is 1. The minimum absolute atomic E-state index is 0.141. The van der Waals surface area contributed by atoms with Gasteiger partial charge in [-0.3, -0.25) is 4.79 Å². The zero-order valence-electron chi connectivity index (χ0n) is 22.2. The second-order valence-electron chi connectivity index (χ2n) is 9.48. The van der Waals surface area contributed by atoms with Crippen molar-refractivity contribution in [2.24, 2.45) is 0 Å². The average Bonchev–Trinajstić information content (AvgIpc) is 3.32. The standard InChI is InChI=1S/C29H33N5O4S/c1-3-33(4-2)14-13-32-39(36,37)25-9-5-21(6-10-25)29(35)34-15-16-38-28-12-8-22(17-24(28)19-34)23-7-11-26-27(18-23)31-20-30-26/h5-12,17-18,20,32H,3-4,13-16,19H2,1-2H3,(H,30,31). The molecule has 5 rings (SSSR count). The van der Waals surface area contributed by atoms with Gasteiger partial charge in [0.25, 0.3) is 5.91 Å². The highest BCUT2D eigenvalue weighted by Crippen LogP contribution is 2.31. The molecule has 1 aliphatic heterocycles. The number of likely N-dealkylation sites (N-methyl/N-ethyl adjacent to an activating group) is 1. The van der Waals surface area contributed by atoms with E-state index in [0.717, 1.165) is 46.6 Å². The van der Waals surface area contributed by atoms with Crippen LogP contribution < -0.4 is 9.46 Å². The molecule has 0 saturated heterocycles. The molecule has 10 heteroatoms. The van der Waals surface area contributed by atoms with E-state index < -0.39 is 10.0 Å². The summed E-state index contributed by atoms with van der Waals surface area (Å²) in [5.74, 6) is 0.586. The number of imidazole rings is 1. The zero-order chi connectivity index (χ0) is 27.4. The van der Waals surface area contributed by atoms with Crippen LogP contribution in [0.25, 0.3) is 22.2 Å². The monoisotopic (exact) mass is 547 g/mol. The van der Waals surface area contributed by atoms with Gasteiger partial charge in [-0.05, 0) is 72.7 Å². The Hall–Kier alpha value is -3.73. The molecule has 0 saturated carbocycles. The average molecular weight is 548 g/mol. The van der Waals surface area contributed by atoms with E-state index in [4.69, 9.17) is 4.74 Å². The molecule has 39 heavy (non-hydrogen) atoms. The SMILES string of the molecule is CCN(CC)CCNS(=O)(=O)c1ccc(C(=O)N2CCOc3ccc(-c4ccc5nc[nH]c5c4)cc3C2)cc1. The van der Waals surface area contributed by atoms with Crippen LogP contribution in [0.1, 0.15) is 29.8 Å². The molecule has 2 N–H and O–H groups in total. The molecule has 4 aromatic rings. The maximum absolute atomic E-state index is 13.4. The van der Waals surface area contributed by atoms with Gasteiger partial charge in [0.1, 0.15) is 12.4 Å². The number of hydrogen-bond donors (Lipinski definition) is 2. The molecule has 1 aliphatic rings. The number of aromatic amines is 1. The summed E-state index contributed by atoms with van der Waals surface area (Å²) in [6, 6.07) is 18.2. The van der Waals surface area contributed by atoms with Crippen LogP contribution in [-0.2, 0) is 16.6 Å². The van der Waals surface area contributed by atoms with Crippen molar-refractivity contribution in [2.75, 3.05) is 39.3 Å². The molecule has 2 heterocycles. The minimum Gasteiger partial charge on any atom is -0.491 e. The molecule has 0 aliphatic carbocycles. The van der Waals surface area contributed by atoms with Crippen LogP contribution in [0.4, 0.5) is 0 Å². The molecule has 0 fully saturated rings. The smallest absolute Gasteiger partial charge is 0.254 e. The summed E-state index contributed by atoms with van der Waals surface area (Å²) in [4.78, 5) is 24.8. The molecule has 3 aromatic carbocycles. The predicted octanol–water partition coefficient (Wildman–Crippen LogP) is 3.88. The van der Waals surface area contributed by atoms with Crippen molar-refractivity contribution in [3.8, 4) is 16.9 Å². The van der Waals surface area contributed by atoms with E-state index in [0.29, 0.717) is 38.3 Å². The number of benzene rings is 3. The third-order valence-corrected chi connectivity index (χ3v) is 8.58. The number of hydrogen-bond acceptors (Lipinski definition) is 6. The van der Waals surface area contributed by atoms with Crippen LogP contribution in [-0.4, -0.2) is 73.4 Å². The van der Waals surface area contributed by atoms with Gasteiger partial charge in [-0.2, -0.15) is 0 Å². The Labute approximate surface area is 228 Å². The number of rotatable bonds is 9. The first kappa shape index (κ1) is 26.9. The van der Waals surface area contributed by atoms with Crippen LogP contribution in [0.3, 0.4) is 0 Å². The van der Waals surface area contributed by atoms with E-state index in [1.807, 2.05) is 38.1 Å². The fraction of sp³-hybridized carbons (Fsp3) is 0.310. The van der Waals surface area contributed by atoms with Crippen molar-refractivity contribution in [2.45, 2.75) is 25.3 Å². The highest BCUT2D eigenvalue weighted by atomic mass is 32.2. The van der Waals surface area contributed by atoms with E-state index >= 15 is 0 Å². The summed E-state index contributed by atoms with van der Waals surface area (Å²) in [6.45, 7) is 7.98. The lowest BCUT2D eigenvalue weighted by Crippen LogP contribution is -2.35. The van der Waals surface area contributed by atoms with E-state index in [1.165, 1.54) is 12.1 Å². The maximum Gasteiger partial charge on any atom is 0.254 e. The van der Waals surface area contributed by atoms with Gasteiger partial charge in [0.05, 0.1) is 28.8 Å². The first-order valence-electron chi connectivity index (χ1n) is 13.2. The lowest BCUT2D eigenvalue weighted by Gasteiger charge is -2.20. The lowest BCUT2D eigenvalue weighted by molar-refractivity contribution is 0.0733. The van der Waals surface area contributed by atoms with Crippen molar-refractivity contribution in [1.29, 1.82) is 0 Å². The van der Waals surface area contributed by atoms with Crippen molar-refractivity contribution < 1.29 is 17.9 Å². The van der Waals surface area contributed by atoms with Gasteiger partial charge >= 0.3 is 0 Å². The van der Waals surface area contributed by atoms with Crippen LogP contribution >= 0.6 is 0 Å². The molecule has 1 aromatic heterocycles. The lowest BCUT2D eigenvalue weighted by atomic mass is 10.0. The molecule has 0 spiro atoms. The zero-order valence-corrected chi connectivity index (χ0v) is 23.0. The third kappa shape index (κ3) is 5.98. The number of aromatic nitrogens is 2. The normalized spacial score (nSPS) is 13.8. The van der Waals surface area contributed by atoms with Gasteiger partial charge in [0, 0.05) is 30.8 Å². The number of ether oxygens (including phenoxy) is 1. The largest absolute Gasteiger partial charge is 0.491 e. The summed E-state index contributed by atoms with van der Waals surface area (Å²) in [5.41, 5.74) is 5.27. The Balaban J connectivity index is 1.29. The number of carbonyl (C=O) groups excluding carboxylic acids is 1. The van der Waals surface area contributed by atoms with E-state index in [2.05, 4.69) is 31.7 Å². The molecule has 0 bridgehead atoms. The van der Waals surface area contributed by atoms with Crippen LogP contribution in [0.2, 0.25) is 0 Å². The number of nitrogens with one attached hydrogen (secondary N) is 2. The number of amides is 1. The fourth-order valence-corrected chi connectivity index (χ4v) is 5.80. The van der Waals surface area contributed by atoms with Gasteiger partial charge in [-0.1, -0.05) is 26.0 Å². The molecular formula is C29H33N5O4S. The van der Waals surface area contributed by atoms with Crippen LogP contribution in [0.15, 0.2) is 71.9 Å². The Bertz CT molecular complexity index is 1560. The maximum atomic E-state index is 13.4. The molecule has 0 radical (unpaired) electrons. The first-order valence-corrected chi connectivity index (χ1v) is 14.7. The quantitative estimate of drug-likeness (QED) is 0.329. The van der Waals surface area contributed by atoms with Gasteiger partial charge in [-0.25, -0.2) is 18.1 Å². The number of nitrogens with zero attached hydrogens (tertiary/aromatic N) is 3. The van der Waals surface area contributed by atoms with E-state index in [9.17, 15) is 13.2 Å². The van der Waals surface area contributed by atoms with E-state index in [1.54, 1.807) is 23.4 Å². The Kier molecular flexibility index (Phi) is 7.97. The van der Waals surface area contributed by atoms with Crippen LogP contribution in [0, 0.1) is 0 Å². The van der Waals surface area contributed by atoms with Gasteiger partial charge in [0.15, 0.2) is 0 Å². The van der Waals surface area contributed by atoms with Gasteiger partial charge in [0.2, 0.25) is 10.0 Å². The second-order valence-corrected chi connectivity index (χ2v) is 11.2. The molecular weight excluding hydrogens is 514 g/mol. The first-order chi connectivity index (χ1) is 18.9. The fourth-order valence-electron chi connectivity index (χ4n) is 4.78. The number of fused-ring (bicyclic) bond motifs is 2. The Morgan fingerprint density at radius 2 is 1.79 bits per heavy atom. The van der Waals surface area contributed by atoms with Crippen molar-refractivity contribution >= 4 is 27.0 Å². The predicted molar refractivity (Wildman–Crippen MR) is 151 cm³/mol. The summed E-state index contributed by atoms with van der Waals surface area (Å²) in [7, 11) is -3.65. The highest BCUT2D eigenvalue weighted by molar-refractivity contribution is 7.89. The minimum atomic E-state index is -3.65. The Morgan fingerprint density at radius 1 is 1.05 bits per heavy atom. The Morgan fingerprint density at radius 3 is 2.56 bits per heavy atom. The topological polar surface area (TPSA) is 108 Å². The molecule has 9 nitrogen and oxygen atoms in total. The van der Waals surface area contributed by atoms with Gasteiger partial charge < -0.3 is 19.5 Å². The molecule has 204 valence electrons. The van der Waals surface area contributed by atoms with Crippen molar-refractivity contribution in [3.05, 3.63) is 78.1 Å². The summed E-state index contributed by atoms with van der Waals surface area (Å²) >= 11 is 0. The van der Waals surface area contributed by atoms with Crippen LogP contribution in [0.5, 0.6) is 5.75 Å². The van der Waals surface area contributed by atoms with E-state index in [-0.39, 0.29) is 10.8 Å². The third-order valence-electron chi connectivity index (χ3n) is 7.11. The molecule has 1 amide bonds. The molecule has 0 atom stereocenters. The second kappa shape index (κ2) is 11.6. The summed E-state index contributed by atoms with van der Waals surface area (Å²) in [6.07, 6.45) is 1.68. The summed E-state index contributed by atoms with van der Waals surface area (Å²) < 4.78 is 34.0. The number of carbonyl (C=O) groups is 1. The summed E-state index contributed by atoms with van der Waals surface area (Å²) in [5, 5.41) is 0. The highest BCUT2D eigenvalue weighted by Gasteiger charge is 2.23.